The molecule has 0 aromatic carbocycles. The number of allylic oxidation sites excluding steroid dienone is 2. The van der Waals surface area contributed by atoms with Crippen LogP contribution in [0.1, 0.15) is 19.8 Å². The number of nitrogens with zero attached hydrogens (tertiary/aromatic N) is 1. The van der Waals surface area contributed by atoms with Gasteiger partial charge in [0.25, 0.3) is 0 Å². The first-order valence-electron chi connectivity index (χ1n) is 4.38. The van der Waals surface area contributed by atoms with E-state index in [1.807, 2.05) is 6.07 Å². The summed E-state index contributed by atoms with van der Waals surface area (Å²) < 4.78 is 5.01. The number of methoxy groups -OCH3 is 1. The maximum absolute atomic E-state index is 8.54. The summed E-state index contributed by atoms with van der Waals surface area (Å²) >= 11 is 0. The highest BCUT2D eigenvalue weighted by atomic mass is 16.5. The molecule has 2 heteroatoms. The van der Waals surface area contributed by atoms with Crippen molar-refractivity contribution in [1.82, 2.24) is 0 Å². The van der Waals surface area contributed by atoms with Gasteiger partial charge in [-0.2, -0.15) is 5.26 Å². The van der Waals surface area contributed by atoms with E-state index in [4.69, 9.17) is 10.00 Å². The Morgan fingerprint density at radius 2 is 2.15 bits per heavy atom. The zero-order valence-electron chi connectivity index (χ0n) is 8.47. The van der Waals surface area contributed by atoms with E-state index in [1.54, 1.807) is 7.11 Å². The minimum Gasteiger partial charge on any atom is -0.384 e. The van der Waals surface area contributed by atoms with Crippen LogP contribution in [-0.4, -0.2) is 13.7 Å². The van der Waals surface area contributed by atoms with Crippen LogP contribution in [0.15, 0.2) is 24.3 Å². The van der Waals surface area contributed by atoms with Crippen molar-refractivity contribution in [3.8, 4) is 6.07 Å². The van der Waals surface area contributed by atoms with Crippen molar-refractivity contribution < 1.29 is 4.74 Å². The Balaban J connectivity index is 3.71. The molecule has 0 heterocycles. The SMILES string of the molecule is C=C(C#N)C(=C)CCC(C)COC. The normalized spacial score (nSPS) is 11.8. The topological polar surface area (TPSA) is 33.0 Å². The Kier molecular flexibility index (Phi) is 5.92. The highest BCUT2D eigenvalue weighted by Gasteiger charge is 2.04. The summed E-state index contributed by atoms with van der Waals surface area (Å²) in [4.78, 5) is 0. The molecule has 1 atom stereocenters. The molecule has 0 radical (unpaired) electrons. The zero-order valence-corrected chi connectivity index (χ0v) is 8.47. The standard InChI is InChI=1S/C11H17NO/c1-9(8-13-4)5-6-10(2)11(3)7-12/h9H,2-3,5-6,8H2,1,4H3. The predicted octanol–water partition coefficient (Wildman–Crippen LogP) is 2.69. The van der Waals surface area contributed by atoms with Crippen LogP contribution in [0.3, 0.4) is 0 Å². The van der Waals surface area contributed by atoms with Crippen molar-refractivity contribution in [2.75, 3.05) is 13.7 Å². The van der Waals surface area contributed by atoms with Crippen LogP contribution >= 0.6 is 0 Å². The second kappa shape index (κ2) is 6.45. The van der Waals surface area contributed by atoms with Gasteiger partial charge < -0.3 is 4.74 Å². The highest BCUT2D eigenvalue weighted by Crippen LogP contribution is 2.15. The van der Waals surface area contributed by atoms with Crippen molar-refractivity contribution in [3.05, 3.63) is 24.3 Å². The number of ether oxygens (including phenoxy) is 1. The lowest BCUT2D eigenvalue weighted by atomic mass is 9.99. The largest absolute Gasteiger partial charge is 0.384 e. The third kappa shape index (κ3) is 5.21. The molecule has 1 unspecified atom stereocenters. The third-order valence-electron chi connectivity index (χ3n) is 1.95. The van der Waals surface area contributed by atoms with E-state index in [0.717, 1.165) is 25.0 Å². The molecule has 72 valence electrons. The highest BCUT2D eigenvalue weighted by molar-refractivity contribution is 5.37. The number of hydrogen-bond donors (Lipinski definition) is 0. The van der Waals surface area contributed by atoms with Crippen molar-refractivity contribution >= 4 is 0 Å². The summed E-state index contributed by atoms with van der Waals surface area (Å²) in [5.74, 6) is 0.508. The van der Waals surface area contributed by atoms with Gasteiger partial charge in [-0.1, -0.05) is 20.1 Å². The fraction of sp³-hybridized carbons (Fsp3) is 0.545. The number of nitriles is 1. The molecule has 0 N–H and O–H groups in total. The fourth-order valence-corrected chi connectivity index (χ4v) is 1.02. The Hall–Kier alpha value is -1.07. The predicted molar refractivity (Wildman–Crippen MR) is 54.2 cm³/mol. The summed E-state index contributed by atoms with van der Waals surface area (Å²) in [7, 11) is 1.69. The minimum atomic E-state index is 0.490. The van der Waals surface area contributed by atoms with Crippen LogP contribution in [0.4, 0.5) is 0 Å². The summed E-state index contributed by atoms with van der Waals surface area (Å²) in [5.41, 5.74) is 1.33. The van der Waals surface area contributed by atoms with Crippen LogP contribution in [0.5, 0.6) is 0 Å². The monoisotopic (exact) mass is 179 g/mol. The molecule has 0 aliphatic rings. The van der Waals surface area contributed by atoms with Crippen LogP contribution in [0.25, 0.3) is 0 Å². The van der Waals surface area contributed by atoms with Gasteiger partial charge in [0.1, 0.15) is 0 Å². The quantitative estimate of drug-likeness (QED) is 0.464. The summed E-state index contributed by atoms with van der Waals surface area (Å²) in [6.07, 6.45) is 1.82. The van der Waals surface area contributed by atoms with Crippen molar-refractivity contribution in [3.63, 3.8) is 0 Å². The van der Waals surface area contributed by atoms with Crippen LogP contribution in [-0.2, 0) is 4.74 Å². The van der Waals surface area contributed by atoms with E-state index < -0.39 is 0 Å². The van der Waals surface area contributed by atoms with Crippen LogP contribution < -0.4 is 0 Å². The van der Waals surface area contributed by atoms with Gasteiger partial charge in [0.05, 0.1) is 6.07 Å². The lowest BCUT2D eigenvalue weighted by Gasteiger charge is -2.10. The summed E-state index contributed by atoms with van der Waals surface area (Å²) in [5, 5.41) is 8.54. The Morgan fingerprint density at radius 1 is 1.54 bits per heavy atom. The van der Waals surface area contributed by atoms with Crippen molar-refractivity contribution in [2.24, 2.45) is 5.92 Å². The van der Waals surface area contributed by atoms with Gasteiger partial charge in [0.2, 0.25) is 0 Å². The van der Waals surface area contributed by atoms with E-state index in [1.165, 1.54) is 0 Å². The maximum atomic E-state index is 8.54. The maximum Gasteiger partial charge on any atom is 0.0988 e. The molecule has 0 bridgehead atoms. The Labute approximate surface area is 80.5 Å². The molecule has 0 rings (SSSR count). The van der Waals surface area contributed by atoms with Gasteiger partial charge >= 0.3 is 0 Å². The minimum absolute atomic E-state index is 0.490. The summed E-state index contributed by atoms with van der Waals surface area (Å²) in [6.45, 7) is 10.3. The molecule has 0 saturated heterocycles. The van der Waals surface area contributed by atoms with Gasteiger partial charge in [-0.25, -0.2) is 0 Å². The van der Waals surface area contributed by atoms with E-state index in [9.17, 15) is 0 Å². The van der Waals surface area contributed by atoms with E-state index in [0.29, 0.717) is 11.5 Å². The second-order valence-electron chi connectivity index (χ2n) is 3.29. The van der Waals surface area contributed by atoms with E-state index in [2.05, 4.69) is 20.1 Å². The van der Waals surface area contributed by atoms with Crippen LogP contribution in [0, 0.1) is 17.2 Å². The first-order valence-corrected chi connectivity index (χ1v) is 4.38. The average Bonchev–Trinajstić information content (AvgIpc) is 2.13. The molecule has 2 nitrogen and oxygen atoms in total. The molecular formula is C11H17NO. The molecular weight excluding hydrogens is 162 g/mol. The molecule has 0 aliphatic heterocycles. The first-order chi connectivity index (χ1) is 6.11. The second-order valence-corrected chi connectivity index (χ2v) is 3.29. The molecule has 0 amide bonds. The molecule has 0 spiro atoms. The van der Waals surface area contributed by atoms with Gasteiger partial charge in [-0.15, -0.1) is 0 Å². The molecule has 0 aromatic rings. The molecule has 0 aliphatic carbocycles. The molecule has 0 saturated carbocycles. The van der Waals surface area contributed by atoms with Gasteiger partial charge in [0.15, 0.2) is 0 Å². The first kappa shape index (κ1) is 11.9. The van der Waals surface area contributed by atoms with E-state index >= 15 is 0 Å². The van der Waals surface area contributed by atoms with Gasteiger partial charge in [-0.3, -0.25) is 0 Å². The lowest BCUT2D eigenvalue weighted by molar-refractivity contribution is 0.156. The average molecular weight is 179 g/mol. The van der Waals surface area contributed by atoms with E-state index in [-0.39, 0.29) is 0 Å². The Morgan fingerprint density at radius 3 is 2.62 bits per heavy atom. The Bertz CT molecular complexity index is 225. The zero-order chi connectivity index (χ0) is 10.3. The molecule has 13 heavy (non-hydrogen) atoms. The molecule has 0 fully saturated rings. The van der Waals surface area contributed by atoms with Gasteiger partial charge in [-0.05, 0) is 24.3 Å². The smallest absolute Gasteiger partial charge is 0.0988 e. The third-order valence-corrected chi connectivity index (χ3v) is 1.95. The lowest BCUT2D eigenvalue weighted by Crippen LogP contribution is -2.03. The molecule has 0 aromatic heterocycles. The fourth-order valence-electron chi connectivity index (χ4n) is 1.02. The number of rotatable bonds is 6. The van der Waals surface area contributed by atoms with Crippen molar-refractivity contribution in [1.29, 1.82) is 5.26 Å². The number of hydrogen-bond acceptors (Lipinski definition) is 2. The summed E-state index contributed by atoms with van der Waals surface area (Å²) in [6, 6.07) is 2.00. The van der Waals surface area contributed by atoms with Crippen molar-refractivity contribution in [2.45, 2.75) is 19.8 Å². The van der Waals surface area contributed by atoms with Gasteiger partial charge in [0, 0.05) is 19.3 Å². The van der Waals surface area contributed by atoms with Crippen LogP contribution in [0.2, 0.25) is 0 Å².